The van der Waals surface area contributed by atoms with Crippen molar-refractivity contribution in [2.24, 2.45) is 11.0 Å². The third-order valence-corrected chi connectivity index (χ3v) is 5.59. The molecular weight excluding hydrogens is 454 g/mol. The van der Waals surface area contributed by atoms with Crippen molar-refractivity contribution in [3.05, 3.63) is 83.9 Å². The van der Waals surface area contributed by atoms with E-state index >= 15 is 0 Å². The molecule has 0 radical (unpaired) electrons. The molecule has 4 aromatic rings. The third kappa shape index (κ3) is 5.63. The number of fused-ring (bicyclic) bond motifs is 1. The number of aromatic nitrogens is 1. The Morgan fingerprint density at radius 3 is 2.58 bits per heavy atom. The Labute approximate surface area is 210 Å². The van der Waals surface area contributed by atoms with Crippen LogP contribution in [-0.2, 0) is 0 Å². The highest BCUT2D eigenvalue weighted by molar-refractivity contribution is 6.08. The van der Waals surface area contributed by atoms with E-state index in [1.165, 1.54) is 18.2 Å². The fraction of sp³-hybridized carbons (Fsp3) is 0.207. The van der Waals surface area contributed by atoms with Crippen LogP contribution in [-0.4, -0.2) is 33.4 Å². The van der Waals surface area contributed by atoms with Gasteiger partial charge in [0.1, 0.15) is 17.2 Å². The average Bonchev–Trinajstić information content (AvgIpc) is 2.89. The van der Waals surface area contributed by atoms with Crippen molar-refractivity contribution in [3.8, 4) is 28.5 Å². The van der Waals surface area contributed by atoms with Gasteiger partial charge in [0.2, 0.25) is 0 Å². The molecule has 7 nitrogen and oxygen atoms in total. The number of rotatable bonds is 8. The molecule has 0 saturated carbocycles. The monoisotopic (exact) mass is 483 g/mol. The summed E-state index contributed by atoms with van der Waals surface area (Å²) in [4.78, 5) is 18.1. The van der Waals surface area contributed by atoms with E-state index in [0.717, 1.165) is 11.3 Å². The van der Waals surface area contributed by atoms with Crippen LogP contribution in [0.2, 0.25) is 0 Å². The van der Waals surface area contributed by atoms with Crippen LogP contribution in [0, 0.1) is 5.92 Å². The summed E-state index contributed by atoms with van der Waals surface area (Å²) < 4.78 is 5.87. The number of ether oxygens (including phenoxy) is 1. The molecule has 7 heteroatoms. The number of carbonyl (C=O) groups excluding carboxylic acids is 1. The minimum absolute atomic E-state index is 0.000324. The van der Waals surface area contributed by atoms with Gasteiger partial charge in [0.05, 0.1) is 29.1 Å². The quantitative estimate of drug-likeness (QED) is 0.165. The first kappa shape index (κ1) is 24.7. The van der Waals surface area contributed by atoms with Crippen LogP contribution in [0.1, 0.15) is 43.1 Å². The van der Waals surface area contributed by atoms with Gasteiger partial charge in [0.15, 0.2) is 0 Å². The molecule has 3 N–H and O–H groups in total. The van der Waals surface area contributed by atoms with Crippen LogP contribution < -0.4 is 10.2 Å². The van der Waals surface area contributed by atoms with Crippen LogP contribution in [0.15, 0.2) is 77.9 Å². The number of hydrogen-bond acceptors (Lipinski definition) is 6. The van der Waals surface area contributed by atoms with Crippen LogP contribution in [0.5, 0.6) is 17.2 Å². The first-order valence-electron chi connectivity index (χ1n) is 11.9. The highest BCUT2D eigenvalue weighted by Crippen LogP contribution is 2.28. The normalized spacial score (nSPS) is 11.6. The average molecular weight is 484 g/mol. The number of aromatic hydroxyl groups is 2. The van der Waals surface area contributed by atoms with Crippen molar-refractivity contribution in [3.63, 3.8) is 0 Å². The molecule has 0 aliphatic heterocycles. The van der Waals surface area contributed by atoms with Crippen LogP contribution in [0.25, 0.3) is 22.2 Å². The van der Waals surface area contributed by atoms with E-state index in [4.69, 9.17) is 9.72 Å². The number of benzene rings is 3. The fourth-order valence-electron chi connectivity index (χ4n) is 3.78. The van der Waals surface area contributed by atoms with Gasteiger partial charge in [-0.1, -0.05) is 51.1 Å². The van der Waals surface area contributed by atoms with E-state index < -0.39 is 5.91 Å². The number of para-hydroxylation sites is 1. The minimum Gasteiger partial charge on any atom is -0.508 e. The lowest BCUT2D eigenvalue weighted by Crippen LogP contribution is -2.20. The van der Waals surface area contributed by atoms with E-state index in [2.05, 4.69) is 24.4 Å². The second-order valence-corrected chi connectivity index (χ2v) is 8.86. The summed E-state index contributed by atoms with van der Waals surface area (Å²) in [5.74, 6) is 0.703. The van der Waals surface area contributed by atoms with Crippen molar-refractivity contribution >= 4 is 22.5 Å². The highest BCUT2D eigenvalue weighted by atomic mass is 16.5. The number of nitrogens with zero attached hydrogens (tertiary/aromatic N) is 2. The molecule has 0 atom stereocenters. The van der Waals surface area contributed by atoms with Gasteiger partial charge in [-0.05, 0) is 54.8 Å². The summed E-state index contributed by atoms with van der Waals surface area (Å²) in [6.07, 6.45) is 0.433. The van der Waals surface area contributed by atoms with E-state index in [1.54, 1.807) is 6.07 Å². The van der Waals surface area contributed by atoms with Gasteiger partial charge in [-0.2, -0.15) is 5.10 Å². The molecular formula is C29H29N3O4. The topological polar surface area (TPSA) is 104 Å². The largest absolute Gasteiger partial charge is 0.508 e. The van der Waals surface area contributed by atoms with Gasteiger partial charge in [-0.3, -0.25) is 4.79 Å². The van der Waals surface area contributed by atoms with Gasteiger partial charge in [0, 0.05) is 16.5 Å². The lowest BCUT2D eigenvalue weighted by Gasteiger charge is -2.12. The third-order valence-electron chi connectivity index (χ3n) is 5.59. The second-order valence-electron chi connectivity index (χ2n) is 8.86. The Morgan fingerprint density at radius 2 is 1.81 bits per heavy atom. The predicted octanol–water partition coefficient (Wildman–Crippen LogP) is 5.89. The van der Waals surface area contributed by atoms with Crippen molar-refractivity contribution < 1.29 is 19.7 Å². The van der Waals surface area contributed by atoms with E-state index in [-0.39, 0.29) is 11.5 Å². The maximum Gasteiger partial charge on any atom is 0.272 e. The number of hydrogen-bond donors (Lipinski definition) is 3. The SMILES string of the molecule is CC/C(=N/NC(=O)c1cc(-c2cccc(OCC(C)C)c2)nc2ccccc12)c1cc(O)ccc1O. The summed E-state index contributed by atoms with van der Waals surface area (Å²) in [7, 11) is 0. The lowest BCUT2D eigenvalue weighted by molar-refractivity contribution is 0.0956. The maximum absolute atomic E-state index is 13.3. The molecule has 184 valence electrons. The zero-order valence-electron chi connectivity index (χ0n) is 20.5. The number of nitrogens with one attached hydrogen (secondary N) is 1. The first-order valence-corrected chi connectivity index (χ1v) is 11.9. The lowest BCUT2D eigenvalue weighted by atomic mass is 10.0. The van der Waals surface area contributed by atoms with E-state index in [0.29, 0.717) is 52.4 Å². The van der Waals surface area contributed by atoms with Gasteiger partial charge in [0.25, 0.3) is 5.91 Å². The van der Waals surface area contributed by atoms with Gasteiger partial charge in [-0.15, -0.1) is 0 Å². The molecule has 1 aromatic heterocycles. The standard InChI is InChI=1S/C29H29N3O4/c1-4-25(24-15-20(33)12-13-28(24)34)31-32-29(35)23-16-27(30-26-11-6-5-10-22(23)26)19-8-7-9-21(14-19)36-17-18(2)3/h5-16,18,33-34H,4,17H2,1-3H3,(H,32,35)/b31-25-. The molecule has 0 saturated heterocycles. The Hall–Kier alpha value is -4.39. The molecule has 0 unspecified atom stereocenters. The predicted molar refractivity (Wildman–Crippen MR) is 142 cm³/mol. The Bertz CT molecular complexity index is 1430. The van der Waals surface area contributed by atoms with Crippen LogP contribution in [0.4, 0.5) is 0 Å². The number of phenols is 2. The molecule has 0 bridgehead atoms. The van der Waals surface area contributed by atoms with Gasteiger partial charge in [-0.25, -0.2) is 10.4 Å². The first-order chi connectivity index (χ1) is 17.4. The number of carbonyl (C=O) groups is 1. The summed E-state index contributed by atoms with van der Waals surface area (Å²) in [6.45, 7) is 6.64. The van der Waals surface area contributed by atoms with Crippen LogP contribution >= 0.6 is 0 Å². The van der Waals surface area contributed by atoms with Crippen molar-refractivity contribution in [2.45, 2.75) is 27.2 Å². The number of pyridine rings is 1. The Kier molecular flexibility index (Phi) is 7.49. The fourth-order valence-corrected chi connectivity index (χ4v) is 3.78. The molecule has 3 aromatic carbocycles. The summed E-state index contributed by atoms with van der Waals surface area (Å²) >= 11 is 0. The molecule has 1 amide bonds. The molecule has 0 fully saturated rings. The molecule has 4 rings (SSSR count). The maximum atomic E-state index is 13.3. The van der Waals surface area contributed by atoms with Crippen molar-refractivity contribution in [2.75, 3.05) is 6.61 Å². The number of hydrazone groups is 1. The number of phenolic OH excluding ortho intramolecular Hbond substituents is 2. The second kappa shape index (κ2) is 10.9. The van der Waals surface area contributed by atoms with E-state index in [1.807, 2.05) is 55.5 Å². The highest BCUT2D eigenvalue weighted by Gasteiger charge is 2.15. The summed E-state index contributed by atoms with van der Waals surface area (Å²) in [5, 5.41) is 24.9. The summed E-state index contributed by atoms with van der Waals surface area (Å²) in [5.41, 5.74) is 5.98. The van der Waals surface area contributed by atoms with Gasteiger partial charge < -0.3 is 14.9 Å². The Balaban J connectivity index is 1.70. The zero-order chi connectivity index (χ0) is 25.7. The van der Waals surface area contributed by atoms with Crippen molar-refractivity contribution in [1.29, 1.82) is 0 Å². The minimum atomic E-state index is -0.410. The number of amides is 1. The molecule has 0 aliphatic carbocycles. The molecule has 0 aliphatic rings. The summed E-state index contributed by atoms with van der Waals surface area (Å²) in [6, 6.07) is 21.0. The van der Waals surface area contributed by atoms with E-state index in [9.17, 15) is 15.0 Å². The molecule has 0 spiro atoms. The smallest absolute Gasteiger partial charge is 0.272 e. The molecule has 1 heterocycles. The van der Waals surface area contributed by atoms with Gasteiger partial charge >= 0.3 is 0 Å². The van der Waals surface area contributed by atoms with Crippen molar-refractivity contribution in [1.82, 2.24) is 10.4 Å². The molecule has 36 heavy (non-hydrogen) atoms. The Morgan fingerprint density at radius 1 is 1.00 bits per heavy atom. The van der Waals surface area contributed by atoms with Crippen LogP contribution in [0.3, 0.4) is 0 Å². The zero-order valence-corrected chi connectivity index (χ0v) is 20.5.